The number of hydrogen-bond donors (Lipinski definition) is 1. The van der Waals surface area contributed by atoms with E-state index in [4.69, 9.17) is 0 Å². The number of nitrogens with one attached hydrogen (secondary N) is 1. The van der Waals surface area contributed by atoms with Crippen molar-refractivity contribution in [3.05, 3.63) is 34.5 Å². The van der Waals surface area contributed by atoms with Gasteiger partial charge in [-0.1, -0.05) is 0 Å². The summed E-state index contributed by atoms with van der Waals surface area (Å²) in [5.74, 6) is 0.476. The summed E-state index contributed by atoms with van der Waals surface area (Å²) in [6.45, 7) is 2.15. The van der Waals surface area contributed by atoms with Crippen molar-refractivity contribution >= 4 is 10.8 Å². The Kier molecular flexibility index (Phi) is 2.40. The summed E-state index contributed by atoms with van der Waals surface area (Å²) in [6, 6.07) is 1.99. The van der Waals surface area contributed by atoms with Crippen molar-refractivity contribution in [2.24, 2.45) is 0 Å². The van der Waals surface area contributed by atoms with Crippen LogP contribution in [0.1, 0.15) is 18.0 Å². The summed E-state index contributed by atoms with van der Waals surface area (Å²) in [4.78, 5) is 18.2. The second-order valence-electron chi connectivity index (χ2n) is 4.64. The van der Waals surface area contributed by atoms with Crippen LogP contribution in [-0.4, -0.2) is 40.2 Å². The largest absolute Gasteiger partial charge is 0.306 e. The van der Waals surface area contributed by atoms with Crippen LogP contribution in [0, 0.1) is 0 Å². The zero-order valence-electron chi connectivity index (χ0n) is 9.68. The molecule has 1 atom stereocenters. The van der Waals surface area contributed by atoms with Crippen molar-refractivity contribution in [2.75, 3.05) is 20.1 Å². The topological polar surface area (TPSA) is 61.9 Å². The molecule has 2 aromatic heterocycles. The van der Waals surface area contributed by atoms with Gasteiger partial charge in [0.15, 0.2) is 0 Å². The molecule has 0 radical (unpaired) electrons. The van der Waals surface area contributed by atoms with E-state index in [-0.39, 0.29) is 5.56 Å². The number of likely N-dealkylation sites (tertiary alicyclic amines) is 1. The molecule has 17 heavy (non-hydrogen) atoms. The Morgan fingerprint density at radius 3 is 3.12 bits per heavy atom. The molecular formula is C12H14N4O. The molecule has 1 N–H and O–H groups in total. The molecule has 3 rings (SSSR count). The normalized spacial score (nSPS) is 21.1. The number of hydrogen-bond acceptors (Lipinski definition) is 4. The zero-order valence-corrected chi connectivity index (χ0v) is 9.68. The van der Waals surface area contributed by atoms with Crippen molar-refractivity contribution in [3.8, 4) is 0 Å². The lowest BCUT2D eigenvalue weighted by Crippen LogP contribution is -2.14. The van der Waals surface area contributed by atoms with Gasteiger partial charge in [-0.25, -0.2) is 5.10 Å². The Hall–Kier alpha value is -1.75. The van der Waals surface area contributed by atoms with E-state index in [0.717, 1.165) is 30.6 Å². The molecule has 1 aliphatic heterocycles. The van der Waals surface area contributed by atoms with Crippen LogP contribution in [0.25, 0.3) is 10.8 Å². The van der Waals surface area contributed by atoms with Crippen LogP contribution in [0.5, 0.6) is 0 Å². The molecule has 0 aliphatic carbocycles. The van der Waals surface area contributed by atoms with Gasteiger partial charge < -0.3 is 4.90 Å². The first-order valence-electron chi connectivity index (χ1n) is 5.76. The van der Waals surface area contributed by atoms with Crippen LogP contribution in [0.3, 0.4) is 0 Å². The third-order valence-corrected chi connectivity index (χ3v) is 3.38. The Balaban J connectivity index is 2.05. The highest BCUT2D eigenvalue weighted by Crippen LogP contribution is 2.25. The highest BCUT2D eigenvalue weighted by molar-refractivity contribution is 5.79. The smallest absolute Gasteiger partial charge is 0.273 e. The highest BCUT2D eigenvalue weighted by Gasteiger charge is 2.22. The maximum atomic E-state index is 11.5. The quantitative estimate of drug-likeness (QED) is 0.784. The van der Waals surface area contributed by atoms with Gasteiger partial charge in [0.2, 0.25) is 0 Å². The zero-order chi connectivity index (χ0) is 11.8. The van der Waals surface area contributed by atoms with Gasteiger partial charge in [-0.2, -0.15) is 5.10 Å². The molecule has 0 amide bonds. The van der Waals surface area contributed by atoms with E-state index in [1.807, 2.05) is 6.07 Å². The van der Waals surface area contributed by atoms with Crippen molar-refractivity contribution in [1.29, 1.82) is 0 Å². The molecule has 1 aliphatic rings. The average Bonchev–Trinajstić information content (AvgIpc) is 2.76. The van der Waals surface area contributed by atoms with Crippen LogP contribution in [0.15, 0.2) is 23.3 Å². The molecule has 0 spiro atoms. The number of H-pyrrole nitrogens is 1. The highest BCUT2D eigenvalue weighted by atomic mass is 16.1. The molecule has 1 fully saturated rings. The number of fused-ring (bicyclic) bond motifs is 1. The van der Waals surface area contributed by atoms with Gasteiger partial charge in [-0.3, -0.25) is 9.78 Å². The first kappa shape index (κ1) is 10.4. The van der Waals surface area contributed by atoms with Gasteiger partial charge in [-0.05, 0) is 26.1 Å². The molecule has 1 unspecified atom stereocenters. The predicted molar refractivity (Wildman–Crippen MR) is 65.0 cm³/mol. The Morgan fingerprint density at radius 1 is 1.47 bits per heavy atom. The van der Waals surface area contributed by atoms with Crippen LogP contribution >= 0.6 is 0 Å². The van der Waals surface area contributed by atoms with E-state index in [0.29, 0.717) is 11.3 Å². The van der Waals surface area contributed by atoms with Crippen LogP contribution in [0.4, 0.5) is 0 Å². The molecule has 0 aromatic carbocycles. The van der Waals surface area contributed by atoms with Gasteiger partial charge in [0, 0.05) is 29.7 Å². The average molecular weight is 230 g/mol. The predicted octanol–water partition coefficient (Wildman–Crippen LogP) is 0.737. The van der Waals surface area contributed by atoms with Crippen LogP contribution < -0.4 is 5.56 Å². The van der Waals surface area contributed by atoms with Crippen LogP contribution in [0.2, 0.25) is 0 Å². The van der Waals surface area contributed by atoms with E-state index in [1.54, 1.807) is 12.4 Å². The Bertz CT molecular complexity index is 607. The summed E-state index contributed by atoms with van der Waals surface area (Å²) in [7, 11) is 2.12. The molecule has 5 heteroatoms. The minimum Gasteiger partial charge on any atom is -0.306 e. The SMILES string of the molecule is CN1CCC(c2cc3cn[nH]c(=O)c3cn2)C1. The minimum absolute atomic E-state index is 0.176. The summed E-state index contributed by atoms with van der Waals surface area (Å²) < 4.78 is 0. The third kappa shape index (κ3) is 1.82. The fourth-order valence-corrected chi connectivity index (χ4v) is 2.40. The van der Waals surface area contributed by atoms with E-state index >= 15 is 0 Å². The number of rotatable bonds is 1. The lowest BCUT2D eigenvalue weighted by atomic mass is 10.0. The third-order valence-electron chi connectivity index (χ3n) is 3.38. The van der Waals surface area contributed by atoms with Crippen molar-refractivity contribution in [3.63, 3.8) is 0 Å². The molecule has 3 heterocycles. The maximum Gasteiger partial charge on any atom is 0.273 e. The van der Waals surface area contributed by atoms with Crippen molar-refractivity contribution in [1.82, 2.24) is 20.1 Å². The van der Waals surface area contributed by atoms with Gasteiger partial charge in [0.1, 0.15) is 0 Å². The van der Waals surface area contributed by atoms with E-state index in [9.17, 15) is 4.79 Å². The summed E-state index contributed by atoms with van der Waals surface area (Å²) in [6.07, 6.45) is 4.47. The lowest BCUT2D eigenvalue weighted by Gasteiger charge is -2.10. The Labute approximate surface area is 98.5 Å². The number of aromatic nitrogens is 3. The lowest BCUT2D eigenvalue weighted by molar-refractivity contribution is 0.411. The number of aromatic amines is 1. The van der Waals surface area contributed by atoms with Gasteiger partial charge in [0.05, 0.1) is 11.6 Å². The molecule has 88 valence electrons. The standard InChI is InChI=1S/C12H14N4O/c1-16-3-2-8(7-16)11-4-9-5-14-15-12(17)10(9)6-13-11/h4-6,8H,2-3,7H2,1H3,(H,15,17). The second-order valence-corrected chi connectivity index (χ2v) is 4.64. The molecular weight excluding hydrogens is 216 g/mol. The van der Waals surface area contributed by atoms with E-state index < -0.39 is 0 Å². The second kappa shape index (κ2) is 3.92. The fraction of sp³-hybridized carbons (Fsp3) is 0.417. The molecule has 1 saturated heterocycles. The monoisotopic (exact) mass is 230 g/mol. The van der Waals surface area contributed by atoms with Crippen molar-refractivity contribution < 1.29 is 0 Å². The first-order valence-corrected chi connectivity index (χ1v) is 5.76. The number of likely N-dealkylation sites (N-methyl/N-ethyl adjacent to an activating group) is 1. The van der Waals surface area contributed by atoms with E-state index in [2.05, 4.69) is 27.1 Å². The summed E-state index contributed by atoms with van der Waals surface area (Å²) in [5.41, 5.74) is 0.888. The van der Waals surface area contributed by atoms with Crippen LogP contribution in [-0.2, 0) is 0 Å². The van der Waals surface area contributed by atoms with Gasteiger partial charge >= 0.3 is 0 Å². The first-order chi connectivity index (χ1) is 8.24. The fourth-order valence-electron chi connectivity index (χ4n) is 2.40. The summed E-state index contributed by atoms with van der Waals surface area (Å²) in [5, 5.41) is 7.71. The maximum absolute atomic E-state index is 11.5. The molecule has 0 saturated carbocycles. The van der Waals surface area contributed by atoms with Gasteiger partial charge in [-0.15, -0.1) is 0 Å². The van der Waals surface area contributed by atoms with Crippen molar-refractivity contribution in [2.45, 2.75) is 12.3 Å². The molecule has 2 aromatic rings. The molecule has 5 nitrogen and oxygen atoms in total. The number of nitrogens with zero attached hydrogens (tertiary/aromatic N) is 3. The minimum atomic E-state index is -0.176. The van der Waals surface area contributed by atoms with Gasteiger partial charge in [0.25, 0.3) is 5.56 Å². The van der Waals surface area contributed by atoms with E-state index in [1.165, 1.54) is 0 Å². The summed E-state index contributed by atoms with van der Waals surface area (Å²) >= 11 is 0. The number of pyridine rings is 1. The molecule has 0 bridgehead atoms. The Morgan fingerprint density at radius 2 is 2.35 bits per heavy atom.